The van der Waals surface area contributed by atoms with Crippen molar-refractivity contribution < 1.29 is 44.5 Å². The molecule has 0 unspecified atom stereocenters. The second-order valence-corrected chi connectivity index (χ2v) is 25.3. The second-order valence-electron chi connectivity index (χ2n) is 25.3. The first-order valence-electron chi connectivity index (χ1n) is 46.6. The van der Waals surface area contributed by atoms with Crippen LogP contribution < -0.4 is 0 Å². The summed E-state index contributed by atoms with van der Waals surface area (Å²) in [6.07, 6.45) is 0. The molecule has 0 atom stereocenters. The van der Waals surface area contributed by atoms with Crippen molar-refractivity contribution in [2.45, 2.75) is 0 Å². The molecule has 0 bridgehead atoms. The van der Waals surface area contributed by atoms with Gasteiger partial charge in [0.15, 0.2) is 0 Å². The summed E-state index contributed by atoms with van der Waals surface area (Å²) in [6, 6.07) is 58.3. The number of hydrogen-bond acceptors (Lipinski definition) is 2. The third kappa shape index (κ3) is 10.3. The summed E-state index contributed by atoms with van der Waals surface area (Å²) in [4.78, 5) is 0. The maximum absolute atomic E-state index is 9.46. The van der Waals surface area contributed by atoms with Gasteiger partial charge in [-0.1, -0.05) is 339 Å². The van der Waals surface area contributed by atoms with Crippen molar-refractivity contribution in [3.63, 3.8) is 0 Å². The van der Waals surface area contributed by atoms with Gasteiger partial charge in [0.05, 0.1) is 35.6 Å². The summed E-state index contributed by atoms with van der Waals surface area (Å²) in [5.74, 6) is 0. The van der Waals surface area contributed by atoms with Gasteiger partial charge < -0.3 is 8.83 Å². The van der Waals surface area contributed by atoms with E-state index in [0.29, 0.717) is 55.0 Å². The van der Waals surface area contributed by atoms with Crippen LogP contribution in [0.1, 0.15) is 35.6 Å². The Balaban J connectivity index is 0.000000163. The van der Waals surface area contributed by atoms with Crippen molar-refractivity contribution in [2.75, 3.05) is 0 Å². The summed E-state index contributed by atoms with van der Waals surface area (Å²) in [5.41, 5.74) is 10.5. The maximum atomic E-state index is 9.46. The van der Waals surface area contributed by atoms with Crippen LogP contribution in [-0.2, 0) is 0 Å². The third-order valence-electron chi connectivity index (χ3n) is 19.6. The van der Waals surface area contributed by atoms with Crippen LogP contribution in [0.4, 0.5) is 0 Å². The van der Waals surface area contributed by atoms with Gasteiger partial charge in [-0.15, -0.1) is 0 Å². The second kappa shape index (κ2) is 25.2. The quantitative estimate of drug-likeness (QED) is 0.135. The molecule has 0 aliphatic carbocycles. The van der Waals surface area contributed by atoms with Gasteiger partial charge in [-0.3, -0.25) is 0 Å². The molecule has 0 aliphatic heterocycles. The van der Waals surface area contributed by atoms with Crippen LogP contribution in [0.3, 0.4) is 0 Å². The number of benzene rings is 19. The van der Waals surface area contributed by atoms with Gasteiger partial charge in [-0.25, -0.2) is 0 Å². The zero-order valence-corrected chi connectivity index (χ0v) is 54.8. The molecule has 484 valence electrons. The van der Waals surface area contributed by atoms with Crippen molar-refractivity contribution in [1.29, 1.82) is 0 Å². The van der Waals surface area contributed by atoms with E-state index in [0.717, 1.165) is 71.8 Å². The standard InChI is InChI=1S/C54H34O.C48H30O/c1-2-14-38(15-3-1)52-44-19-8-10-21-46(44)53(47-22-11-9-20-45(47)52)48-23-12-24-51-54(48)49-34-40(31-32-50(49)55-51)36-25-28-37(29-26-36)42-17-6-7-18-43(42)41-30-27-35-13-4-5-16-39(35)33-41;1-3-15-32(16-4-1)42-30-45-43(29-41(42)35-27-26-31-14-7-8-19-34(31)28-35)48-40(24-13-25-44(48)49-45)47-38-22-11-9-20-36(38)46(33-17-5-2-6-18-33)37-21-10-12-23-39(37)47/h1-34H;1-30H/i1D,2D,3D,8D,9D,10D,11D,14D,15D,19D,20D,21D,22D;2D,5D,6D,9D,10D,11D,12D,17D,18D,20D,21D,22D,23D. The van der Waals surface area contributed by atoms with E-state index in [2.05, 4.69) is 66.7 Å². The summed E-state index contributed by atoms with van der Waals surface area (Å²) in [6.45, 7) is 0. The van der Waals surface area contributed by atoms with Crippen molar-refractivity contribution in [3.05, 3.63) is 388 Å². The Morgan fingerprint density at radius 2 is 0.529 bits per heavy atom. The van der Waals surface area contributed by atoms with Gasteiger partial charge >= 0.3 is 0 Å². The summed E-state index contributed by atoms with van der Waals surface area (Å²) >= 11 is 0. The minimum absolute atomic E-state index is 0.0396. The highest BCUT2D eigenvalue weighted by Gasteiger charge is 2.24. The average molecular weight is 1350 g/mol. The molecule has 0 fully saturated rings. The zero-order valence-electron chi connectivity index (χ0n) is 80.8. The largest absolute Gasteiger partial charge is 0.456 e. The lowest BCUT2D eigenvalue weighted by Crippen LogP contribution is -1.91. The van der Waals surface area contributed by atoms with Crippen molar-refractivity contribution >= 4 is 109 Å². The smallest absolute Gasteiger partial charge is 0.136 e. The molecule has 0 radical (unpaired) electrons. The Labute approximate surface area is 638 Å². The molecule has 0 aliphatic rings. The van der Waals surface area contributed by atoms with E-state index in [1.807, 2.05) is 127 Å². The fraction of sp³-hybridized carbons (Fsp3) is 0. The van der Waals surface area contributed by atoms with Gasteiger partial charge in [0, 0.05) is 21.5 Å². The maximum Gasteiger partial charge on any atom is 0.136 e. The molecular formula is C102H64O2. The van der Waals surface area contributed by atoms with Gasteiger partial charge in [0.25, 0.3) is 0 Å². The Hall–Kier alpha value is -13.7. The van der Waals surface area contributed by atoms with Crippen LogP contribution in [0.5, 0.6) is 0 Å². The average Bonchev–Trinajstić information content (AvgIpc) is 0.912. The first-order valence-corrected chi connectivity index (χ1v) is 33.6. The predicted octanol–water partition coefficient (Wildman–Crippen LogP) is 29.1. The molecule has 104 heavy (non-hydrogen) atoms. The normalized spacial score (nSPS) is 15.2. The molecule has 0 spiro atoms. The molecule has 0 N–H and O–H groups in total. The Morgan fingerprint density at radius 3 is 1.03 bits per heavy atom. The van der Waals surface area contributed by atoms with Crippen molar-refractivity contribution in [1.82, 2.24) is 0 Å². The zero-order chi connectivity index (χ0) is 91.2. The SMILES string of the molecule is [2H]c1c([2H])c([2H])c(-c2c3c([2H])c([2H])c([2H])c([2H])c3c(-c3cccc4oc5cc(-c6ccccc6)c(-c6ccc7ccccc7c6)cc5c34)c3c([2H])c([2H])c([2H])c([2H])c23)c([2H])c1[2H].[2H]c1c([2H])c([2H])c(-c2c3c([2H])c([2H])c([2H])c([2H])c3c(-c3cccc4oc5ccc(-c6ccc(-c7ccccc7-c7ccc8ccccc8c7)cc6)cc5c34)c3c([2H])c([2H])c([2H])c([2H])c23)c([2H])c1[2H]. The lowest BCUT2D eigenvalue weighted by molar-refractivity contribution is 0.668. The first kappa shape index (κ1) is 39.4. The van der Waals surface area contributed by atoms with Crippen LogP contribution in [0.25, 0.3) is 209 Å². The molecule has 0 saturated carbocycles. The Morgan fingerprint density at radius 1 is 0.173 bits per heavy atom. The topological polar surface area (TPSA) is 26.3 Å². The summed E-state index contributed by atoms with van der Waals surface area (Å²) in [7, 11) is 0. The molecule has 0 saturated heterocycles. The van der Waals surface area contributed by atoms with Gasteiger partial charge in [0.1, 0.15) is 22.3 Å². The van der Waals surface area contributed by atoms with Crippen LogP contribution in [0.15, 0.2) is 396 Å². The number of rotatable bonds is 9. The summed E-state index contributed by atoms with van der Waals surface area (Å²) < 4.78 is 246. The monoisotopic (exact) mass is 1350 g/mol. The van der Waals surface area contributed by atoms with Gasteiger partial charge in [0.2, 0.25) is 0 Å². The third-order valence-corrected chi connectivity index (χ3v) is 19.6. The molecule has 21 aromatic rings. The van der Waals surface area contributed by atoms with Crippen LogP contribution in [0, 0.1) is 0 Å². The molecule has 2 heteroatoms. The van der Waals surface area contributed by atoms with E-state index in [9.17, 15) is 11.0 Å². The van der Waals surface area contributed by atoms with E-state index in [-0.39, 0.29) is 65.3 Å². The van der Waals surface area contributed by atoms with Crippen LogP contribution in [0.2, 0.25) is 0 Å². The number of fused-ring (bicyclic) bond motifs is 12. The van der Waals surface area contributed by atoms with E-state index < -0.39 is 168 Å². The van der Waals surface area contributed by atoms with E-state index in [1.54, 1.807) is 36.4 Å². The van der Waals surface area contributed by atoms with Gasteiger partial charge in [-0.05, 0) is 213 Å². The number of furan rings is 2. The minimum Gasteiger partial charge on any atom is -0.456 e. The molecule has 2 nitrogen and oxygen atoms in total. The fourth-order valence-corrected chi connectivity index (χ4v) is 15.0. The highest BCUT2D eigenvalue weighted by atomic mass is 16.3. The van der Waals surface area contributed by atoms with E-state index in [4.69, 9.17) is 33.5 Å². The molecule has 2 aromatic heterocycles. The van der Waals surface area contributed by atoms with Crippen LogP contribution in [-0.4, -0.2) is 0 Å². The molecule has 0 amide bonds. The lowest BCUT2D eigenvalue weighted by atomic mass is 9.84. The van der Waals surface area contributed by atoms with Crippen molar-refractivity contribution in [3.8, 4) is 100 Å². The Bertz CT molecular complexity index is 8400. The van der Waals surface area contributed by atoms with Gasteiger partial charge in [-0.2, -0.15) is 0 Å². The van der Waals surface area contributed by atoms with Crippen LogP contribution >= 0.6 is 0 Å². The van der Waals surface area contributed by atoms with Crippen molar-refractivity contribution in [2.24, 2.45) is 0 Å². The predicted molar refractivity (Wildman–Crippen MR) is 441 cm³/mol. The molecule has 21 rings (SSSR count). The number of hydrogen-bond donors (Lipinski definition) is 0. The summed E-state index contributed by atoms with van der Waals surface area (Å²) in [5, 5.41) is 4.95. The highest BCUT2D eigenvalue weighted by molar-refractivity contribution is 6.28. The minimum atomic E-state index is -0.723. The molecular weight excluding hydrogens is 1260 g/mol. The highest BCUT2D eigenvalue weighted by Crippen LogP contribution is 2.51. The Kier molecular flexibility index (Phi) is 9.54. The van der Waals surface area contributed by atoms with E-state index in [1.165, 1.54) is 5.39 Å². The molecule has 19 aromatic carbocycles. The molecule has 2 heterocycles. The first-order chi connectivity index (χ1) is 62.4. The lowest BCUT2D eigenvalue weighted by Gasteiger charge is -2.18. The fourth-order valence-electron chi connectivity index (χ4n) is 15.0. The van der Waals surface area contributed by atoms with E-state index >= 15 is 0 Å².